The number of fused-ring (bicyclic) bond motifs is 3. The standard InChI is InChI=1S/C65H48N3.Ir/c1-44-34-63(49-17-6-3-7-18-49)66-41-54(44)28-26-46-36-47(27-29-55-42-67-64(35-45(55)2)50-19-8-4-9-20-50)38-56(37-46)58-24-14-15-25-60(58)62-43-68-65(51-21-10-5-11-22-51)40-61(62)53-32-33-59-52(39-53)31-30-48-16-12-13-23-57(48)59;/h3-17,19,21,23-25,30-43H,26-29H2,1-2H3;/q-3;+3. The summed E-state index contributed by atoms with van der Waals surface area (Å²) in [6, 6.07) is 77.0. The van der Waals surface area contributed by atoms with Crippen LogP contribution in [0.2, 0.25) is 0 Å². The van der Waals surface area contributed by atoms with Crippen LogP contribution in [0, 0.1) is 32.0 Å². The monoisotopic (exact) mass is 1060 g/mol. The van der Waals surface area contributed by atoms with Crippen LogP contribution in [0.1, 0.15) is 33.4 Å². The Bertz CT molecular complexity index is 3480. The van der Waals surface area contributed by atoms with Gasteiger partial charge in [0.2, 0.25) is 0 Å². The molecule has 0 amide bonds. The molecule has 0 unspecified atom stereocenters. The molecule has 0 fully saturated rings. The molecular weight excluding hydrogens is 1010 g/mol. The van der Waals surface area contributed by atoms with Crippen molar-refractivity contribution in [3.63, 3.8) is 0 Å². The van der Waals surface area contributed by atoms with E-state index in [2.05, 4.69) is 190 Å². The first-order valence-corrected chi connectivity index (χ1v) is 23.5. The molecule has 0 radical (unpaired) electrons. The second kappa shape index (κ2) is 20.3. The summed E-state index contributed by atoms with van der Waals surface area (Å²) >= 11 is 0. The largest absolute Gasteiger partial charge is 3.00 e. The third-order valence-electron chi connectivity index (χ3n) is 13.3. The van der Waals surface area contributed by atoms with Gasteiger partial charge in [-0.05, 0) is 134 Å². The van der Waals surface area contributed by atoms with Crippen LogP contribution in [0.25, 0.3) is 88.7 Å². The van der Waals surface area contributed by atoms with Gasteiger partial charge >= 0.3 is 20.1 Å². The number of pyridine rings is 3. The number of benzene rings is 8. The fraction of sp³-hybridized carbons (Fsp3) is 0.0923. The Labute approximate surface area is 419 Å². The maximum Gasteiger partial charge on any atom is 3.00 e. The molecule has 0 N–H and O–H groups in total. The van der Waals surface area contributed by atoms with Crippen molar-refractivity contribution in [3.05, 3.63) is 258 Å². The molecule has 0 saturated carbocycles. The minimum Gasteiger partial charge on any atom is -0.304 e. The average Bonchev–Trinajstić information content (AvgIpc) is 3.40. The summed E-state index contributed by atoms with van der Waals surface area (Å²) in [5.41, 5.74) is 20.2. The van der Waals surface area contributed by atoms with Crippen molar-refractivity contribution in [2.45, 2.75) is 39.5 Å². The number of hydrogen-bond acceptors (Lipinski definition) is 3. The van der Waals surface area contributed by atoms with Gasteiger partial charge in [-0.3, -0.25) is 0 Å². The van der Waals surface area contributed by atoms with Gasteiger partial charge in [0, 0.05) is 24.2 Å². The number of aromatic nitrogens is 3. The van der Waals surface area contributed by atoms with Gasteiger partial charge in [-0.1, -0.05) is 120 Å². The van der Waals surface area contributed by atoms with Crippen molar-refractivity contribution in [1.29, 1.82) is 0 Å². The van der Waals surface area contributed by atoms with E-state index in [4.69, 9.17) is 15.0 Å². The first-order valence-electron chi connectivity index (χ1n) is 23.5. The van der Waals surface area contributed by atoms with Gasteiger partial charge < -0.3 is 15.0 Å². The zero-order valence-corrected chi connectivity index (χ0v) is 41.0. The molecule has 0 aliphatic heterocycles. The Hall–Kier alpha value is -7.62. The van der Waals surface area contributed by atoms with E-state index < -0.39 is 0 Å². The maximum atomic E-state index is 5.13. The first-order chi connectivity index (χ1) is 33.5. The van der Waals surface area contributed by atoms with Gasteiger partial charge in [-0.2, -0.15) is 0 Å². The summed E-state index contributed by atoms with van der Waals surface area (Å²) in [4.78, 5) is 14.9. The Balaban J connectivity index is 0.00000553. The molecule has 69 heavy (non-hydrogen) atoms. The second-order valence-corrected chi connectivity index (χ2v) is 17.7. The van der Waals surface area contributed by atoms with E-state index in [0.717, 1.165) is 81.7 Å². The van der Waals surface area contributed by atoms with Gasteiger partial charge in [0.15, 0.2) is 0 Å². The second-order valence-electron chi connectivity index (χ2n) is 17.7. The summed E-state index contributed by atoms with van der Waals surface area (Å²) in [5, 5.41) is 4.96. The third kappa shape index (κ3) is 9.74. The average molecular weight is 1060 g/mol. The Morgan fingerprint density at radius 3 is 1.45 bits per heavy atom. The Morgan fingerprint density at radius 1 is 0.362 bits per heavy atom. The molecule has 11 rings (SSSR count). The molecule has 11 aromatic rings. The van der Waals surface area contributed by atoms with Crippen molar-refractivity contribution < 1.29 is 20.1 Å². The van der Waals surface area contributed by atoms with Crippen molar-refractivity contribution >= 4 is 21.5 Å². The minimum absolute atomic E-state index is 0. The summed E-state index contributed by atoms with van der Waals surface area (Å²) in [6.45, 7) is 4.40. The summed E-state index contributed by atoms with van der Waals surface area (Å²) < 4.78 is 0. The van der Waals surface area contributed by atoms with Crippen LogP contribution in [-0.4, -0.2) is 15.0 Å². The number of nitrogens with zero attached hydrogens (tertiary/aromatic N) is 3. The zero-order chi connectivity index (χ0) is 45.8. The molecule has 332 valence electrons. The maximum absolute atomic E-state index is 5.13. The minimum atomic E-state index is 0. The third-order valence-corrected chi connectivity index (χ3v) is 13.3. The molecule has 8 aromatic carbocycles. The zero-order valence-electron chi connectivity index (χ0n) is 38.6. The van der Waals surface area contributed by atoms with Gasteiger partial charge in [0.05, 0.1) is 0 Å². The van der Waals surface area contributed by atoms with Crippen LogP contribution in [-0.2, 0) is 45.8 Å². The van der Waals surface area contributed by atoms with Gasteiger partial charge in [-0.15, -0.1) is 108 Å². The SMILES string of the molecule is Cc1cc(-c2[c-]cccc2)ncc1CCc1cc(CCc2cnc(-c3[c-]cccc3)cc2C)cc(-c2ccccc2-c2cnc(-c3[c-]cccc3)cc2-c2ccc3c(ccc4ccccc43)c2)c1.[Ir+3]. The molecule has 0 aliphatic rings. The van der Waals surface area contributed by atoms with E-state index in [9.17, 15) is 0 Å². The molecule has 3 aromatic heterocycles. The van der Waals surface area contributed by atoms with Gasteiger partial charge in [0.25, 0.3) is 0 Å². The molecule has 0 bridgehead atoms. The topological polar surface area (TPSA) is 38.7 Å². The fourth-order valence-corrected chi connectivity index (χ4v) is 9.62. The van der Waals surface area contributed by atoms with Crippen LogP contribution in [0.3, 0.4) is 0 Å². The van der Waals surface area contributed by atoms with E-state index in [1.54, 1.807) is 0 Å². The first kappa shape index (κ1) is 45.2. The van der Waals surface area contributed by atoms with E-state index in [0.29, 0.717) is 0 Å². The van der Waals surface area contributed by atoms with Crippen molar-refractivity contribution in [3.8, 4) is 67.2 Å². The molecule has 0 aliphatic carbocycles. The van der Waals surface area contributed by atoms with Crippen LogP contribution in [0.4, 0.5) is 0 Å². The molecule has 0 spiro atoms. The molecule has 0 saturated heterocycles. The number of rotatable bonds is 12. The fourth-order valence-electron chi connectivity index (χ4n) is 9.62. The smallest absolute Gasteiger partial charge is 0.304 e. The summed E-state index contributed by atoms with van der Waals surface area (Å²) in [5.74, 6) is 0. The van der Waals surface area contributed by atoms with Gasteiger partial charge in [-0.25, -0.2) is 0 Å². The molecule has 4 heteroatoms. The van der Waals surface area contributed by atoms with Crippen LogP contribution >= 0.6 is 0 Å². The Kier molecular flexibility index (Phi) is 13.3. The molecular formula is C65H48IrN3. The predicted octanol–water partition coefficient (Wildman–Crippen LogP) is 15.8. The Morgan fingerprint density at radius 2 is 0.870 bits per heavy atom. The quantitative estimate of drug-likeness (QED) is 0.0904. The van der Waals surface area contributed by atoms with E-state index >= 15 is 0 Å². The van der Waals surface area contributed by atoms with Crippen molar-refractivity contribution in [2.24, 2.45) is 0 Å². The summed E-state index contributed by atoms with van der Waals surface area (Å²) in [6.07, 6.45) is 9.70. The number of hydrogen-bond donors (Lipinski definition) is 0. The van der Waals surface area contributed by atoms with E-state index in [1.807, 2.05) is 48.5 Å². The van der Waals surface area contributed by atoms with Crippen LogP contribution in [0.15, 0.2) is 207 Å². The van der Waals surface area contributed by atoms with E-state index in [1.165, 1.54) is 66.1 Å². The van der Waals surface area contributed by atoms with Crippen LogP contribution < -0.4 is 0 Å². The van der Waals surface area contributed by atoms with Crippen molar-refractivity contribution in [2.75, 3.05) is 0 Å². The number of aryl methyl sites for hydroxylation is 6. The summed E-state index contributed by atoms with van der Waals surface area (Å²) in [7, 11) is 0. The van der Waals surface area contributed by atoms with Crippen LogP contribution in [0.5, 0.6) is 0 Å². The predicted molar refractivity (Wildman–Crippen MR) is 281 cm³/mol. The molecule has 3 heterocycles. The van der Waals surface area contributed by atoms with E-state index in [-0.39, 0.29) is 20.1 Å². The molecule has 3 nitrogen and oxygen atoms in total. The van der Waals surface area contributed by atoms with Gasteiger partial charge in [0.1, 0.15) is 0 Å². The molecule has 0 atom stereocenters. The van der Waals surface area contributed by atoms with Crippen molar-refractivity contribution in [1.82, 2.24) is 15.0 Å². The normalized spacial score (nSPS) is 11.2.